The molecular formula is C17H25FN2O3. The van der Waals surface area contributed by atoms with Crippen LogP contribution in [0.1, 0.15) is 39.2 Å². The quantitative estimate of drug-likeness (QED) is 0.799. The van der Waals surface area contributed by atoms with Crippen LogP contribution in [-0.4, -0.2) is 35.5 Å². The molecule has 3 N–H and O–H groups in total. The molecule has 128 valence electrons. The molecule has 0 unspecified atom stereocenters. The van der Waals surface area contributed by atoms with E-state index in [1.165, 1.54) is 6.07 Å². The Morgan fingerprint density at radius 2 is 2.04 bits per heavy atom. The molecule has 1 aliphatic rings. The Morgan fingerprint density at radius 1 is 1.39 bits per heavy atom. The van der Waals surface area contributed by atoms with Crippen LogP contribution < -0.4 is 10.6 Å². The van der Waals surface area contributed by atoms with Gasteiger partial charge in [0, 0.05) is 12.1 Å². The fourth-order valence-corrected chi connectivity index (χ4v) is 2.61. The minimum atomic E-state index is -0.869. The van der Waals surface area contributed by atoms with E-state index in [4.69, 9.17) is 4.74 Å². The first-order valence-corrected chi connectivity index (χ1v) is 7.88. The minimum absolute atomic E-state index is 0.271. The van der Waals surface area contributed by atoms with Gasteiger partial charge in [0.15, 0.2) is 0 Å². The van der Waals surface area contributed by atoms with E-state index in [1.54, 1.807) is 32.9 Å². The van der Waals surface area contributed by atoms with E-state index >= 15 is 0 Å². The molecule has 1 aromatic carbocycles. The number of hydrogen-bond donors (Lipinski definition) is 3. The molecule has 1 saturated heterocycles. The van der Waals surface area contributed by atoms with Crippen molar-refractivity contribution in [1.82, 2.24) is 5.32 Å². The number of carbonyl (C=O) groups excluding carboxylic acids is 1. The first kappa shape index (κ1) is 17.7. The number of halogens is 1. The van der Waals surface area contributed by atoms with Crippen LogP contribution in [0.15, 0.2) is 18.2 Å². The summed E-state index contributed by atoms with van der Waals surface area (Å²) in [5, 5.41) is 16.2. The van der Waals surface area contributed by atoms with Crippen molar-refractivity contribution in [1.29, 1.82) is 0 Å². The van der Waals surface area contributed by atoms with Crippen LogP contribution in [0.25, 0.3) is 0 Å². The smallest absolute Gasteiger partial charge is 0.412 e. The highest BCUT2D eigenvalue weighted by Gasteiger charge is 2.30. The summed E-state index contributed by atoms with van der Waals surface area (Å²) in [7, 11) is 0. The van der Waals surface area contributed by atoms with E-state index < -0.39 is 23.1 Å². The lowest BCUT2D eigenvalue weighted by Crippen LogP contribution is -2.43. The van der Waals surface area contributed by atoms with E-state index in [0.29, 0.717) is 24.1 Å². The van der Waals surface area contributed by atoms with Crippen LogP contribution in [0.5, 0.6) is 0 Å². The van der Waals surface area contributed by atoms with Crippen LogP contribution in [0.2, 0.25) is 0 Å². The predicted octanol–water partition coefficient (Wildman–Crippen LogP) is 2.83. The van der Waals surface area contributed by atoms with Crippen molar-refractivity contribution in [3.63, 3.8) is 0 Å². The van der Waals surface area contributed by atoms with Crippen LogP contribution in [0.3, 0.4) is 0 Å². The Labute approximate surface area is 136 Å². The summed E-state index contributed by atoms with van der Waals surface area (Å²) in [6, 6.07) is 4.47. The number of anilines is 1. The second-order valence-electron chi connectivity index (χ2n) is 7.08. The number of carbonyl (C=O) groups is 1. The molecule has 0 bridgehead atoms. The lowest BCUT2D eigenvalue weighted by atomic mass is 9.86. The summed E-state index contributed by atoms with van der Waals surface area (Å²) >= 11 is 0. The van der Waals surface area contributed by atoms with Crippen molar-refractivity contribution >= 4 is 11.8 Å². The van der Waals surface area contributed by atoms with Gasteiger partial charge in [-0.25, -0.2) is 9.18 Å². The van der Waals surface area contributed by atoms with Gasteiger partial charge in [-0.05, 0) is 64.4 Å². The summed E-state index contributed by atoms with van der Waals surface area (Å²) in [6.07, 6.45) is 0.851. The third-order valence-corrected chi connectivity index (χ3v) is 3.75. The molecule has 1 aromatic rings. The summed E-state index contributed by atoms with van der Waals surface area (Å²) < 4.78 is 19.4. The summed E-state index contributed by atoms with van der Waals surface area (Å²) in [4.78, 5) is 11.7. The molecule has 5 nitrogen and oxygen atoms in total. The van der Waals surface area contributed by atoms with Crippen molar-refractivity contribution in [2.45, 2.75) is 51.2 Å². The van der Waals surface area contributed by atoms with E-state index in [0.717, 1.165) is 13.1 Å². The van der Waals surface area contributed by atoms with Gasteiger partial charge in [0.1, 0.15) is 11.4 Å². The topological polar surface area (TPSA) is 70.6 Å². The summed E-state index contributed by atoms with van der Waals surface area (Å²) in [6.45, 7) is 6.74. The van der Waals surface area contributed by atoms with Gasteiger partial charge in [-0.3, -0.25) is 5.32 Å². The van der Waals surface area contributed by atoms with Crippen LogP contribution >= 0.6 is 0 Å². The molecule has 0 aliphatic carbocycles. The average Bonchev–Trinajstić information content (AvgIpc) is 2.40. The number of ether oxygens (including phenoxy) is 1. The molecule has 1 aliphatic heterocycles. The molecule has 1 heterocycles. The zero-order chi connectivity index (χ0) is 17.1. The molecule has 1 fully saturated rings. The van der Waals surface area contributed by atoms with E-state index in [2.05, 4.69) is 10.6 Å². The van der Waals surface area contributed by atoms with E-state index in [-0.39, 0.29) is 6.42 Å². The Hall–Kier alpha value is -1.66. The van der Waals surface area contributed by atoms with Crippen molar-refractivity contribution < 1.29 is 19.0 Å². The molecule has 23 heavy (non-hydrogen) atoms. The highest BCUT2D eigenvalue weighted by molar-refractivity contribution is 5.84. The van der Waals surface area contributed by atoms with Crippen LogP contribution in [-0.2, 0) is 11.2 Å². The van der Waals surface area contributed by atoms with Gasteiger partial charge in [-0.2, -0.15) is 0 Å². The zero-order valence-corrected chi connectivity index (χ0v) is 13.9. The fraction of sp³-hybridized carbons (Fsp3) is 0.588. The SMILES string of the molecule is CC(C)(C)OC(=O)Nc1ccc(CC2(O)CCNCC2)c(F)c1. The molecule has 0 aromatic heterocycles. The molecule has 0 spiro atoms. The van der Waals surface area contributed by atoms with Crippen molar-refractivity contribution in [2.24, 2.45) is 0 Å². The van der Waals surface area contributed by atoms with Crippen LogP contribution in [0, 0.1) is 5.82 Å². The number of piperidine rings is 1. The second-order valence-corrected chi connectivity index (χ2v) is 7.08. The Kier molecular flexibility index (Phi) is 5.26. The largest absolute Gasteiger partial charge is 0.444 e. The van der Waals surface area contributed by atoms with Crippen LogP contribution in [0.4, 0.5) is 14.9 Å². The molecule has 0 atom stereocenters. The predicted molar refractivity (Wildman–Crippen MR) is 87.0 cm³/mol. The zero-order valence-electron chi connectivity index (χ0n) is 13.9. The number of hydrogen-bond acceptors (Lipinski definition) is 4. The monoisotopic (exact) mass is 324 g/mol. The van der Waals surface area contributed by atoms with Gasteiger partial charge in [0.25, 0.3) is 0 Å². The second kappa shape index (κ2) is 6.84. The number of benzene rings is 1. The summed E-state index contributed by atoms with van der Waals surface area (Å²) in [5.74, 6) is -0.439. The van der Waals surface area contributed by atoms with E-state index in [1.807, 2.05) is 0 Å². The number of aliphatic hydroxyl groups is 1. The van der Waals surface area contributed by atoms with Gasteiger partial charge in [-0.1, -0.05) is 6.07 Å². The van der Waals surface area contributed by atoms with Gasteiger partial charge in [-0.15, -0.1) is 0 Å². The Morgan fingerprint density at radius 3 is 2.61 bits per heavy atom. The third-order valence-electron chi connectivity index (χ3n) is 3.75. The standard InChI is InChI=1S/C17H25FN2O3/c1-16(2,3)23-15(21)20-13-5-4-12(14(18)10-13)11-17(22)6-8-19-9-7-17/h4-5,10,19,22H,6-9,11H2,1-3H3,(H,20,21). The maximum absolute atomic E-state index is 14.2. The van der Waals surface area contributed by atoms with Crippen molar-refractivity contribution in [2.75, 3.05) is 18.4 Å². The molecule has 1 amide bonds. The van der Waals surface area contributed by atoms with Gasteiger partial charge in [0.2, 0.25) is 0 Å². The van der Waals surface area contributed by atoms with Gasteiger partial charge < -0.3 is 15.2 Å². The fourth-order valence-electron chi connectivity index (χ4n) is 2.61. The molecule has 2 rings (SSSR count). The van der Waals surface area contributed by atoms with Crippen molar-refractivity contribution in [3.8, 4) is 0 Å². The lowest BCUT2D eigenvalue weighted by Gasteiger charge is -2.32. The van der Waals surface area contributed by atoms with Gasteiger partial charge >= 0.3 is 6.09 Å². The van der Waals surface area contributed by atoms with E-state index in [9.17, 15) is 14.3 Å². The molecular weight excluding hydrogens is 299 g/mol. The molecule has 0 radical (unpaired) electrons. The number of rotatable bonds is 3. The molecule has 6 heteroatoms. The average molecular weight is 324 g/mol. The van der Waals surface area contributed by atoms with Gasteiger partial charge in [0.05, 0.1) is 5.60 Å². The third kappa shape index (κ3) is 5.48. The maximum atomic E-state index is 14.2. The normalized spacial score (nSPS) is 17.6. The maximum Gasteiger partial charge on any atom is 0.412 e. The Balaban J connectivity index is 2.01. The van der Waals surface area contributed by atoms with Crippen molar-refractivity contribution in [3.05, 3.63) is 29.6 Å². The first-order valence-electron chi connectivity index (χ1n) is 7.88. The highest BCUT2D eigenvalue weighted by Crippen LogP contribution is 2.26. The lowest BCUT2D eigenvalue weighted by molar-refractivity contribution is 0.0101. The number of amides is 1. The molecule has 0 saturated carbocycles. The summed E-state index contributed by atoms with van der Waals surface area (Å²) in [5.41, 5.74) is -0.700. The minimum Gasteiger partial charge on any atom is -0.444 e. The highest BCUT2D eigenvalue weighted by atomic mass is 19.1. The first-order chi connectivity index (χ1) is 10.7. The number of nitrogens with one attached hydrogen (secondary N) is 2. The Bertz CT molecular complexity index is 563.